The van der Waals surface area contributed by atoms with Crippen molar-refractivity contribution in [3.05, 3.63) is 54.6 Å². The number of nitrogens with zero attached hydrogens (tertiary/aromatic N) is 1. The molecule has 2 aliphatic heterocycles. The molecule has 0 bridgehead atoms. The number of carbonyl (C=O) groups is 2. The predicted molar refractivity (Wildman–Crippen MR) is 109 cm³/mol. The molecule has 0 aromatic heterocycles. The van der Waals surface area contributed by atoms with Crippen molar-refractivity contribution in [3.63, 3.8) is 0 Å². The Hall–Kier alpha value is -2.31. The Labute approximate surface area is 168 Å². The van der Waals surface area contributed by atoms with Gasteiger partial charge in [0.1, 0.15) is 18.5 Å². The number of rotatable bonds is 6. The van der Waals surface area contributed by atoms with Gasteiger partial charge in [-0.1, -0.05) is 42.5 Å². The van der Waals surface area contributed by atoms with Crippen LogP contribution in [0.25, 0.3) is 11.1 Å². The van der Waals surface area contributed by atoms with Crippen molar-refractivity contribution in [1.29, 1.82) is 0 Å². The highest BCUT2D eigenvalue weighted by atomic mass is 32.2. The van der Waals surface area contributed by atoms with E-state index in [2.05, 4.69) is 0 Å². The van der Waals surface area contributed by atoms with Gasteiger partial charge in [0.2, 0.25) is 11.8 Å². The fourth-order valence-corrected chi connectivity index (χ4v) is 5.23. The summed E-state index contributed by atoms with van der Waals surface area (Å²) in [5, 5.41) is 10.3. The van der Waals surface area contributed by atoms with Crippen molar-refractivity contribution in [2.45, 2.75) is 18.9 Å². The fraction of sp³-hybridized carbons (Fsp3) is 0.364. The van der Waals surface area contributed by atoms with Crippen LogP contribution in [0.15, 0.2) is 54.6 Å². The second kappa shape index (κ2) is 7.97. The molecule has 2 fully saturated rings. The highest BCUT2D eigenvalue weighted by Gasteiger charge is 2.53. The van der Waals surface area contributed by atoms with E-state index in [1.54, 1.807) is 11.8 Å². The number of hydrogen-bond donors (Lipinski definition) is 1. The average molecular weight is 397 g/mol. The van der Waals surface area contributed by atoms with Crippen LogP contribution in [0.1, 0.15) is 12.8 Å². The summed E-state index contributed by atoms with van der Waals surface area (Å²) >= 11 is 1.72. The van der Waals surface area contributed by atoms with E-state index in [0.29, 0.717) is 11.5 Å². The molecule has 0 aliphatic carbocycles. The molecule has 28 heavy (non-hydrogen) atoms. The van der Waals surface area contributed by atoms with E-state index in [1.165, 1.54) is 4.90 Å². The molecule has 2 saturated heterocycles. The molecule has 5 nitrogen and oxygen atoms in total. The number of likely N-dealkylation sites (tertiary alicyclic amines) is 1. The maximum absolute atomic E-state index is 12.7. The molecule has 2 aliphatic rings. The third-order valence-corrected chi connectivity index (χ3v) is 6.64. The predicted octanol–water partition coefficient (Wildman–Crippen LogP) is 2.98. The Bertz CT molecular complexity index is 847. The van der Waals surface area contributed by atoms with Gasteiger partial charge in [-0.2, -0.15) is 11.8 Å². The van der Waals surface area contributed by atoms with Crippen LogP contribution >= 0.6 is 11.8 Å². The lowest BCUT2D eigenvalue weighted by Gasteiger charge is -2.22. The smallest absolute Gasteiger partial charge is 0.236 e. The summed E-state index contributed by atoms with van der Waals surface area (Å²) in [5.41, 5.74) is 1.68. The Morgan fingerprint density at radius 1 is 1.07 bits per heavy atom. The summed E-state index contributed by atoms with van der Waals surface area (Å²) in [6.45, 7) is 0.0235. The number of ether oxygens (including phenoxy) is 1. The summed E-state index contributed by atoms with van der Waals surface area (Å²) in [6.07, 6.45) is 0.109. The van der Waals surface area contributed by atoms with Crippen LogP contribution in [0.3, 0.4) is 0 Å². The monoisotopic (exact) mass is 397 g/mol. The normalized spacial score (nSPS) is 22.8. The van der Waals surface area contributed by atoms with E-state index in [9.17, 15) is 14.7 Å². The summed E-state index contributed by atoms with van der Waals surface area (Å²) in [6, 6.07) is 17.7. The van der Waals surface area contributed by atoms with Crippen molar-refractivity contribution >= 4 is 23.6 Å². The van der Waals surface area contributed by atoms with Gasteiger partial charge in [-0.25, -0.2) is 0 Å². The van der Waals surface area contributed by atoms with Gasteiger partial charge in [-0.15, -0.1) is 0 Å². The van der Waals surface area contributed by atoms with Crippen molar-refractivity contribution in [2.24, 2.45) is 5.41 Å². The second-order valence-electron chi connectivity index (χ2n) is 7.42. The Kier molecular flexibility index (Phi) is 5.42. The summed E-state index contributed by atoms with van der Waals surface area (Å²) in [7, 11) is 0. The van der Waals surface area contributed by atoms with Crippen LogP contribution in [0.5, 0.6) is 5.75 Å². The van der Waals surface area contributed by atoms with Crippen molar-refractivity contribution < 1.29 is 19.4 Å². The number of β-amino-alcohol motifs (C(OH)–C–C–N with tert-alkyl or cyclic N) is 1. The largest absolute Gasteiger partial charge is 0.491 e. The van der Waals surface area contributed by atoms with E-state index >= 15 is 0 Å². The zero-order chi connectivity index (χ0) is 19.6. The molecular weight excluding hydrogens is 374 g/mol. The number of carbonyl (C=O) groups excluding carboxylic acids is 2. The molecule has 6 heteroatoms. The van der Waals surface area contributed by atoms with Gasteiger partial charge in [-0.3, -0.25) is 14.5 Å². The van der Waals surface area contributed by atoms with Gasteiger partial charge in [-0.05, 0) is 35.4 Å². The van der Waals surface area contributed by atoms with Gasteiger partial charge in [0.05, 0.1) is 12.0 Å². The first-order valence-corrected chi connectivity index (χ1v) is 10.6. The highest BCUT2D eigenvalue weighted by Crippen LogP contribution is 2.44. The molecule has 0 radical (unpaired) electrons. The Morgan fingerprint density at radius 2 is 1.79 bits per heavy atom. The molecule has 146 valence electrons. The molecule has 2 atom stereocenters. The molecule has 2 aromatic rings. The standard InChI is InChI=1S/C22H23NO4S/c24-18(13-23-20(25)12-22(21(23)26)10-11-28-15-22)14-27-19-8-6-17(7-9-19)16-4-2-1-3-5-16/h1-9,18,24H,10-15H2/t18-,22+/m0/s1. The van der Waals surface area contributed by atoms with Crippen molar-refractivity contribution in [3.8, 4) is 16.9 Å². The van der Waals surface area contributed by atoms with Crippen LogP contribution in [0.4, 0.5) is 0 Å². The van der Waals surface area contributed by atoms with Crippen LogP contribution in [-0.4, -0.2) is 52.6 Å². The quantitative estimate of drug-likeness (QED) is 0.759. The number of hydrogen-bond acceptors (Lipinski definition) is 5. The topological polar surface area (TPSA) is 66.8 Å². The number of aliphatic hydroxyl groups is 1. The minimum absolute atomic E-state index is 0.00776. The number of thioether (sulfide) groups is 1. The van der Waals surface area contributed by atoms with Crippen molar-refractivity contribution in [2.75, 3.05) is 24.7 Å². The molecule has 4 rings (SSSR count). The van der Waals surface area contributed by atoms with E-state index in [0.717, 1.165) is 23.3 Å². The lowest BCUT2D eigenvalue weighted by atomic mass is 9.86. The molecule has 0 saturated carbocycles. The number of benzene rings is 2. The first kappa shape index (κ1) is 19.0. The van der Waals surface area contributed by atoms with Crippen LogP contribution in [0, 0.1) is 5.41 Å². The van der Waals surface area contributed by atoms with Gasteiger partial charge in [0, 0.05) is 12.2 Å². The molecule has 2 heterocycles. The lowest BCUT2D eigenvalue weighted by Crippen LogP contribution is -2.41. The van der Waals surface area contributed by atoms with Gasteiger partial charge in [0.15, 0.2) is 0 Å². The van der Waals surface area contributed by atoms with E-state index < -0.39 is 11.5 Å². The maximum atomic E-state index is 12.7. The van der Waals surface area contributed by atoms with E-state index in [4.69, 9.17) is 4.74 Å². The molecule has 2 amide bonds. The molecule has 0 unspecified atom stereocenters. The van der Waals surface area contributed by atoms with E-state index in [-0.39, 0.29) is 31.4 Å². The van der Waals surface area contributed by atoms with Gasteiger partial charge < -0.3 is 9.84 Å². The third kappa shape index (κ3) is 3.80. The highest BCUT2D eigenvalue weighted by molar-refractivity contribution is 7.99. The minimum atomic E-state index is -0.911. The molecule has 1 spiro atoms. The van der Waals surface area contributed by atoms with Crippen LogP contribution in [-0.2, 0) is 9.59 Å². The first-order chi connectivity index (χ1) is 13.6. The van der Waals surface area contributed by atoms with Gasteiger partial charge >= 0.3 is 0 Å². The van der Waals surface area contributed by atoms with E-state index in [1.807, 2.05) is 54.6 Å². The maximum Gasteiger partial charge on any atom is 0.236 e. The van der Waals surface area contributed by atoms with Gasteiger partial charge in [0.25, 0.3) is 0 Å². The Morgan fingerprint density at radius 3 is 2.46 bits per heavy atom. The number of amides is 2. The first-order valence-electron chi connectivity index (χ1n) is 9.46. The SMILES string of the molecule is O=C1C[C@@]2(CCSC2)C(=O)N1C[C@H](O)COc1ccc(-c2ccccc2)cc1. The second-order valence-corrected chi connectivity index (χ2v) is 8.53. The minimum Gasteiger partial charge on any atom is -0.491 e. The third-order valence-electron chi connectivity index (χ3n) is 5.39. The summed E-state index contributed by atoms with van der Waals surface area (Å²) < 4.78 is 5.65. The zero-order valence-electron chi connectivity index (χ0n) is 15.5. The number of imide groups is 1. The van der Waals surface area contributed by atoms with Crippen LogP contribution < -0.4 is 4.74 Å². The molecular formula is C22H23NO4S. The molecule has 2 aromatic carbocycles. The Balaban J connectivity index is 1.32. The zero-order valence-corrected chi connectivity index (χ0v) is 16.4. The fourth-order valence-electron chi connectivity index (χ4n) is 3.79. The summed E-state index contributed by atoms with van der Waals surface area (Å²) in [4.78, 5) is 26.2. The lowest BCUT2D eigenvalue weighted by molar-refractivity contribution is -0.142. The average Bonchev–Trinajstić information content (AvgIpc) is 3.28. The summed E-state index contributed by atoms with van der Waals surface area (Å²) in [5.74, 6) is 1.94. The molecule has 1 N–H and O–H groups in total. The van der Waals surface area contributed by atoms with Crippen molar-refractivity contribution in [1.82, 2.24) is 4.90 Å². The van der Waals surface area contributed by atoms with Crippen LogP contribution in [0.2, 0.25) is 0 Å². The number of aliphatic hydroxyl groups excluding tert-OH is 1.